The van der Waals surface area contributed by atoms with Crippen molar-refractivity contribution in [1.29, 1.82) is 0 Å². The van der Waals surface area contributed by atoms with Gasteiger partial charge in [-0.2, -0.15) is 0 Å². The highest BCUT2D eigenvalue weighted by Crippen LogP contribution is 2.24. The first-order valence-electron chi connectivity index (χ1n) is 7.88. The van der Waals surface area contributed by atoms with E-state index in [0.717, 1.165) is 18.5 Å². The van der Waals surface area contributed by atoms with E-state index >= 15 is 0 Å². The molecule has 0 amide bonds. The lowest BCUT2D eigenvalue weighted by molar-refractivity contribution is 0.966. The highest BCUT2D eigenvalue weighted by molar-refractivity contribution is 5.68. The number of rotatable bonds is 5. The summed E-state index contributed by atoms with van der Waals surface area (Å²) in [6.45, 7) is 8.70. The minimum atomic E-state index is 1.05. The second kappa shape index (κ2) is 7.21. The number of hydrogen-bond acceptors (Lipinski definition) is 1. The number of nitrogens with zero attached hydrogens (tertiary/aromatic N) is 1. The summed E-state index contributed by atoms with van der Waals surface area (Å²) >= 11 is 0. The van der Waals surface area contributed by atoms with Gasteiger partial charge in [-0.3, -0.25) is 4.98 Å². The Balaban J connectivity index is 2.29. The minimum absolute atomic E-state index is 1.05. The molecule has 0 atom stereocenters. The third-order valence-corrected chi connectivity index (χ3v) is 3.91. The van der Waals surface area contributed by atoms with Crippen LogP contribution in [0.2, 0.25) is 0 Å². The Morgan fingerprint density at radius 2 is 1.86 bits per heavy atom. The van der Waals surface area contributed by atoms with E-state index in [1.807, 2.05) is 6.20 Å². The Kier molecular flexibility index (Phi) is 5.32. The molecule has 0 aliphatic heterocycles. The fourth-order valence-corrected chi connectivity index (χ4v) is 2.54. The third-order valence-electron chi connectivity index (χ3n) is 3.91. The van der Waals surface area contributed by atoms with Crippen LogP contribution in [0, 0.1) is 13.8 Å². The zero-order valence-corrected chi connectivity index (χ0v) is 13.6. The Morgan fingerprint density at radius 1 is 1.05 bits per heavy atom. The van der Waals surface area contributed by atoms with Crippen LogP contribution >= 0.6 is 0 Å². The third kappa shape index (κ3) is 3.81. The molecule has 1 aromatic carbocycles. The molecule has 1 heteroatoms. The second-order valence-electron chi connectivity index (χ2n) is 5.62. The van der Waals surface area contributed by atoms with Gasteiger partial charge in [0.15, 0.2) is 0 Å². The topological polar surface area (TPSA) is 12.9 Å². The van der Waals surface area contributed by atoms with Crippen LogP contribution in [0.4, 0.5) is 0 Å². The number of allylic oxidation sites excluding steroid dienone is 2. The lowest BCUT2D eigenvalue weighted by atomic mass is 10.00. The summed E-state index contributed by atoms with van der Waals surface area (Å²) in [5, 5.41) is 0. The molecular weight excluding hydrogens is 254 g/mol. The lowest BCUT2D eigenvalue weighted by Gasteiger charge is -2.09. The standard InChI is InChI=1S/C20H25N/c1-5-7-17(8-6-2)19-11-12-20(21-14-19)18-10-9-15(3)16(4)13-18/h7,9-14H,5-6,8H2,1-4H3/b17-7+. The molecule has 0 spiro atoms. The van der Waals surface area contributed by atoms with E-state index in [9.17, 15) is 0 Å². The van der Waals surface area contributed by atoms with E-state index in [-0.39, 0.29) is 0 Å². The maximum atomic E-state index is 4.66. The molecule has 1 aromatic heterocycles. The Bertz CT molecular complexity index is 621. The lowest BCUT2D eigenvalue weighted by Crippen LogP contribution is -1.90. The van der Waals surface area contributed by atoms with Crippen LogP contribution in [0.1, 0.15) is 49.8 Å². The Hall–Kier alpha value is -1.89. The van der Waals surface area contributed by atoms with Crippen LogP contribution in [-0.2, 0) is 0 Å². The molecule has 0 unspecified atom stereocenters. The number of aromatic nitrogens is 1. The smallest absolute Gasteiger partial charge is 0.0702 e. The van der Waals surface area contributed by atoms with Gasteiger partial charge in [0.25, 0.3) is 0 Å². The number of aryl methyl sites for hydroxylation is 2. The molecule has 0 saturated carbocycles. The zero-order valence-electron chi connectivity index (χ0n) is 13.6. The van der Waals surface area contributed by atoms with Gasteiger partial charge >= 0.3 is 0 Å². The normalized spacial score (nSPS) is 11.7. The van der Waals surface area contributed by atoms with Crippen LogP contribution in [0.5, 0.6) is 0 Å². The van der Waals surface area contributed by atoms with Gasteiger partial charge in [-0.1, -0.05) is 44.5 Å². The van der Waals surface area contributed by atoms with E-state index in [1.54, 1.807) is 0 Å². The van der Waals surface area contributed by atoms with Gasteiger partial charge in [0, 0.05) is 11.8 Å². The molecular formula is C20H25N. The maximum Gasteiger partial charge on any atom is 0.0702 e. The summed E-state index contributed by atoms with van der Waals surface area (Å²) in [6.07, 6.45) is 7.70. The summed E-state index contributed by atoms with van der Waals surface area (Å²) < 4.78 is 0. The first kappa shape index (κ1) is 15.5. The molecule has 0 fully saturated rings. The highest BCUT2D eigenvalue weighted by atomic mass is 14.7. The van der Waals surface area contributed by atoms with Gasteiger partial charge < -0.3 is 0 Å². The fourth-order valence-electron chi connectivity index (χ4n) is 2.54. The van der Waals surface area contributed by atoms with Gasteiger partial charge in [0.05, 0.1) is 5.69 Å². The SMILES string of the molecule is CC/C=C(\CCC)c1ccc(-c2ccc(C)c(C)c2)nc1. The highest BCUT2D eigenvalue weighted by Gasteiger charge is 2.04. The van der Waals surface area contributed by atoms with Gasteiger partial charge in [-0.25, -0.2) is 0 Å². The molecule has 0 N–H and O–H groups in total. The van der Waals surface area contributed by atoms with Crippen molar-refractivity contribution in [3.05, 3.63) is 59.3 Å². The molecule has 21 heavy (non-hydrogen) atoms. The van der Waals surface area contributed by atoms with Crippen molar-refractivity contribution in [3.63, 3.8) is 0 Å². The van der Waals surface area contributed by atoms with Crippen molar-refractivity contribution in [1.82, 2.24) is 4.98 Å². The van der Waals surface area contributed by atoms with E-state index in [0.29, 0.717) is 0 Å². The first-order valence-corrected chi connectivity index (χ1v) is 7.88. The van der Waals surface area contributed by atoms with Crippen molar-refractivity contribution >= 4 is 5.57 Å². The summed E-state index contributed by atoms with van der Waals surface area (Å²) in [7, 11) is 0. The average Bonchev–Trinajstić information content (AvgIpc) is 2.50. The fraction of sp³-hybridized carbons (Fsp3) is 0.350. The summed E-state index contributed by atoms with van der Waals surface area (Å²) in [4.78, 5) is 4.66. The molecule has 1 nitrogen and oxygen atoms in total. The molecule has 0 bridgehead atoms. The summed E-state index contributed by atoms with van der Waals surface area (Å²) in [6, 6.07) is 10.9. The molecule has 1 heterocycles. The Labute approximate surface area is 128 Å². The van der Waals surface area contributed by atoms with Gasteiger partial charge in [0.1, 0.15) is 0 Å². The monoisotopic (exact) mass is 279 g/mol. The molecule has 0 aliphatic rings. The molecule has 0 saturated heterocycles. The van der Waals surface area contributed by atoms with Crippen LogP contribution in [0.25, 0.3) is 16.8 Å². The maximum absolute atomic E-state index is 4.66. The van der Waals surface area contributed by atoms with E-state index < -0.39 is 0 Å². The largest absolute Gasteiger partial charge is 0.256 e. The van der Waals surface area contributed by atoms with Gasteiger partial charge in [0.2, 0.25) is 0 Å². The summed E-state index contributed by atoms with van der Waals surface area (Å²) in [5.41, 5.74) is 7.56. The predicted octanol–water partition coefficient (Wildman–Crippen LogP) is 5.96. The quantitative estimate of drug-likeness (QED) is 0.658. The number of hydrogen-bond donors (Lipinski definition) is 0. The Morgan fingerprint density at radius 3 is 2.43 bits per heavy atom. The molecule has 2 aromatic rings. The zero-order chi connectivity index (χ0) is 15.2. The predicted molar refractivity (Wildman–Crippen MR) is 92.3 cm³/mol. The first-order chi connectivity index (χ1) is 10.2. The van der Waals surface area contributed by atoms with Crippen LogP contribution in [0.3, 0.4) is 0 Å². The van der Waals surface area contributed by atoms with Crippen molar-refractivity contribution in [3.8, 4) is 11.3 Å². The molecule has 2 rings (SSSR count). The van der Waals surface area contributed by atoms with Crippen molar-refractivity contribution in [2.24, 2.45) is 0 Å². The molecule has 0 radical (unpaired) electrons. The average molecular weight is 279 g/mol. The summed E-state index contributed by atoms with van der Waals surface area (Å²) in [5.74, 6) is 0. The minimum Gasteiger partial charge on any atom is -0.256 e. The number of pyridine rings is 1. The van der Waals surface area contributed by atoms with Crippen molar-refractivity contribution in [2.45, 2.75) is 47.0 Å². The van der Waals surface area contributed by atoms with Crippen molar-refractivity contribution in [2.75, 3.05) is 0 Å². The van der Waals surface area contributed by atoms with Gasteiger partial charge in [-0.15, -0.1) is 0 Å². The van der Waals surface area contributed by atoms with Crippen molar-refractivity contribution < 1.29 is 0 Å². The van der Waals surface area contributed by atoms with E-state index in [1.165, 1.54) is 34.2 Å². The van der Waals surface area contributed by atoms with E-state index in [2.05, 4.69) is 69.1 Å². The molecule has 0 aliphatic carbocycles. The van der Waals surface area contributed by atoms with Crippen LogP contribution in [0.15, 0.2) is 42.6 Å². The van der Waals surface area contributed by atoms with Crippen LogP contribution in [-0.4, -0.2) is 4.98 Å². The second-order valence-corrected chi connectivity index (χ2v) is 5.62. The van der Waals surface area contributed by atoms with Gasteiger partial charge in [-0.05, 0) is 61.1 Å². The number of benzene rings is 1. The van der Waals surface area contributed by atoms with Crippen LogP contribution < -0.4 is 0 Å². The van der Waals surface area contributed by atoms with E-state index in [4.69, 9.17) is 0 Å². The molecule has 110 valence electrons.